The molecule has 170 valence electrons. The van der Waals surface area contributed by atoms with E-state index in [1.54, 1.807) is 7.05 Å². The van der Waals surface area contributed by atoms with Crippen molar-refractivity contribution in [2.45, 2.75) is 12.8 Å². The Bertz CT molecular complexity index is 1140. The molecule has 1 saturated heterocycles. The Balaban J connectivity index is 1.58. The number of nitrogens with one attached hydrogen (secondary N) is 1. The molecule has 0 spiro atoms. The number of anilines is 1. The average molecular weight is 442 g/mol. The highest BCUT2D eigenvalue weighted by Gasteiger charge is 2.45. The van der Waals surface area contributed by atoms with Crippen LogP contribution in [0.2, 0.25) is 0 Å². The van der Waals surface area contributed by atoms with Gasteiger partial charge in [-0.2, -0.15) is 0 Å². The molecule has 0 unspecified atom stereocenters. The molecule has 0 bridgehead atoms. The molecular weight excluding hydrogens is 410 g/mol. The maximum absolute atomic E-state index is 13.3. The molecule has 5 heteroatoms. The summed E-state index contributed by atoms with van der Waals surface area (Å²) in [5, 5.41) is 2.85. The van der Waals surface area contributed by atoms with Crippen LogP contribution >= 0.6 is 0 Å². The molecule has 0 saturated carbocycles. The highest BCUT2D eigenvalue weighted by molar-refractivity contribution is 5.96. The summed E-state index contributed by atoms with van der Waals surface area (Å²) in [6.07, 6.45) is 1.23. The minimum Gasteiger partial charge on any atom is -0.378 e. The monoisotopic (exact) mass is 441 g/mol. The quantitative estimate of drug-likeness (QED) is 0.623. The first kappa shape index (κ1) is 22.6. The predicted octanol–water partition coefficient (Wildman–Crippen LogP) is 4.24. The third-order valence-corrected chi connectivity index (χ3v) is 6.54. The molecule has 5 nitrogen and oxygen atoms in total. The van der Waals surface area contributed by atoms with E-state index in [0.29, 0.717) is 31.5 Å². The lowest BCUT2D eigenvalue weighted by Gasteiger charge is -2.28. The van der Waals surface area contributed by atoms with Crippen molar-refractivity contribution in [2.75, 3.05) is 39.1 Å². The lowest BCUT2D eigenvalue weighted by Crippen LogP contribution is -2.44. The number of rotatable bonds is 6. The molecule has 3 aromatic carbocycles. The number of hydrogen-bond donors (Lipinski definition) is 1. The molecule has 4 rings (SSSR count). The summed E-state index contributed by atoms with van der Waals surface area (Å²) in [6.45, 7) is 0.976. The van der Waals surface area contributed by atoms with Crippen molar-refractivity contribution in [3.05, 3.63) is 90.0 Å². The topological polar surface area (TPSA) is 52.7 Å². The number of carbonyl (C=O) groups is 2. The third-order valence-electron chi connectivity index (χ3n) is 6.54. The molecule has 0 aliphatic carbocycles. The normalized spacial score (nSPS) is 17.6. The lowest BCUT2D eigenvalue weighted by atomic mass is 9.79. The van der Waals surface area contributed by atoms with Gasteiger partial charge < -0.3 is 15.1 Å². The van der Waals surface area contributed by atoms with Crippen LogP contribution in [-0.4, -0.2) is 50.9 Å². The van der Waals surface area contributed by atoms with Crippen molar-refractivity contribution in [3.8, 4) is 11.1 Å². The zero-order chi connectivity index (χ0) is 23.4. The van der Waals surface area contributed by atoms with Crippen molar-refractivity contribution in [1.82, 2.24) is 10.2 Å². The first-order valence-electron chi connectivity index (χ1n) is 11.3. The summed E-state index contributed by atoms with van der Waals surface area (Å²) >= 11 is 0. The van der Waals surface area contributed by atoms with Crippen molar-refractivity contribution in [1.29, 1.82) is 0 Å². The van der Waals surface area contributed by atoms with Crippen LogP contribution in [0.15, 0.2) is 78.9 Å². The van der Waals surface area contributed by atoms with Crippen molar-refractivity contribution in [2.24, 2.45) is 5.41 Å². The first-order valence-corrected chi connectivity index (χ1v) is 11.3. The highest BCUT2D eigenvalue weighted by atomic mass is 16.2. The van der Waals surface area contributed by atoms with Gasteiger partial charge in [0.2, 0.25) is 5.91 Å². The minimum atomic E-state index is -0.640. The van der Waals surface area contributed by atoms with E-state index >= 15 is 0 Å². The number of benzene rings is 3. The Morgan fingerprint density at radius 1 is 0.939 bits per heavy atom. The third kappa shape index (κ3) is 4.77. The molecule has 3 aromatic rings. The van der Waals surface area contributed by atoms with E-state index in [9.17, 15) is 9.59 Å². The molecule has 2 amide bonds. The lowest BCUT2D eigenvalue weighted by molar-refractivity contribution is -0.129. The molecule has 33 heavy (non-hydrogen) atoms. The summed E-state index contributed by atoms with van der Waals surface area (Å²) in [6, 6.07) is 26.2. The van der Waals surface area contributed by atoms with E-state index in [1.165, 1.54) is 0 Å². The molecule has 1 N–H and O–H groups in total. The first-order chi connectivity index (χ1) is 15.9. The van der Waals surface area contributed by atoms with Crippen LogP contribution < -0.4 is 10.2 Å². The van der Waals surface area contributed by atoms with E-state index in [4.69, 9.17) is 0 Å². The Morgan fingerprint density at radius 3 is 2.39 bits per heavy atom. The average Bonchev–Trinajstić information content (AvgIpc) is 3.29. The summed E-state index contributed by atoms with van der Waals surface area (Å²) in [5.74, 6) is -0.0347. The standard InChI is InChI=1S/C28H31N3O2/c1-29-27(33)28(19-21-9-7-12-23(17-21)22-10-5-4-6-11-22)15-16-31(20-28)26(32)24-13-8-14-25(18-24)30(2)3/h4-14,17-18H,15-16,19-20H2,1-3H3,(H,29,33)/t28-/m1/s1. The van der Waals surface area contributed by atoms with Gasteiger partial charge in [-0.3, -0.25) is 9.59 Å². The summed E-state index contributed by atoms with van der Waals surface area (Å²) in [5.41, 5.74) is 4.38. The Morgan fingerprint density at radius 2 is 1.67 bits per heavy atom. The zero-order valence-electron chi connectivity index (χ0n) is 19.5. The SMILES string of the molecule is CNC(=O)[C@@]1(Cc2cccc(-c3ccccc3)c2)CCN(C(=O)c2cccc(N(C)C)c2)C1. The van der Waals surface area contributed by atoms with Crippen LogP contribution in [0.4, 0.5) is 5.69 Å². The Hall–Kier alpha value is -3.60. The molecule has 1 heterocycles. The van der Waals surface area contributed by atoms with Gasteiger partial charge in [-0.15, -0.1) is 0 Å². The second kappa shape index (κ2) is 9.49. The van der Waals surface area contributed by atoms with Crippen molar-refractivity contribution < 1.29 is 9.59 Å². The van der Waals surface area contributed by atoms with Gasteiger partial charge in [0.25, 0.3) is 5.91 Å². The molecule has 1 aliphatic heterocycles. The van der Waals surface area contributed by atoms with Crippen LogP contribution in [0, 0.1) is 5.41 Å². The number of amides is 2. The Labute approximate surface area is 196 Å². The summed E-state index contributed by atoms with van der Waals surface area (Å²) in [4.78, 5) is 30.2. The van der Waals surface area contributed by atoms with Crippen LogP contribution in [0.1, 0.15) is 22.3 Å². The van der Waals surface area contributed by atoms with E-state index in [2.05, 4.69) is 35.6 Å². The molecule has 0 radical (unpaired) electrons. The van der Waals surface area contributed by atoms with Crippen molar-refractivity contribution >= 4 is 17.5 Å². The van der Waals surface area contributed by atoms with Crippen LogP contribution in [0.25, 0.3) is 11.1 Å². The van der Waals surface area contributed by atoms with E-state index in [1.807, 2.05) is 72.4 Å². The largest absolute Gasteiger partial charge is 0.378 e. The summed E-state index contributed by atoms with van der Waals surface area (Å²) < 4.78 is 0. The summed E-state index contributed by atoms with van der Waals surface area (Å²) in [7, 11) is 5.59. The van der Waals surface area contributed by atoms with E-state index in [-0.39, 0.29) is 11.8 Å². The number of nitrogens with zero attached hydrogens (tertiary/aromatic N) is 2. The van der Waals surface area contributed by atoms with Gasteiger partial charge in [0.1, 0.15) is 0 Å². The zero-order valence-corrected chi connectivity index (χ0v) is 19.5. The number of hydrogen-bond acceptors (Lipinski definition) is 3. The van der Waals surface area contributed by atoms with Gasteiger partial charge >= 0.3 is 0 Å². The Kier molecular flexibility index (Phi) is 6.50. The maximum atomic E-state index is 13.3. The second-order valence-electron chi connectivity index (χ2n) is 9.02. The van der Waals surface area contributed by atoms with Gasteiger partial charge in [-0.25, -0.2) is 0 Å². The predicted molar refractivity (Wildman–Crippen MR) is 133 cm³/mol. The van der Waals surface area contributed by atoms with E-state index < -0.39 is 5.41 Å². The second-order valence-corrected chi connectivity index (χ2v) is 9.02. The van der Waals surface area contributed by atoms with Gasteiger partial charge in [0.05, 0.1) is 5.41 Å². The minimum absolute atomic E-state index is 0.00930. The maximum Gasteiger partial charge on any atom is 0.253 e. The van der Waals surface area contributed by atoms with Crippen LogP contribution in [0.3, 0.4) is 0 Å². The van der Waals surface area contributed by atoms with Crippen LogP contribution in [-0.2, 0) is 11.2 Å². The van der Waals surface area contributed by atoms with E-state index in [0.717, 1.165) is 22.4 Å². The van der Waals surface area contributed by atoms with Gasteiger partial charge in [0, 0.05) is 45.5 Å². The number of likely N-dealkylation sites (tertiary alicyclic amines) is 1. The van der Waals surface area contributed by atoms with Gasteiger partial charge in [-0.1, -0.05) is 60.7 Å². The molecule has 1 aliphatic rings. The van der Waals surface area contributed by atoms with Gasteiger partial charge in [-0.05, 0) is 47.7 Å². The smallest absolute Gasteiger partial charge is 0.253 e. The molecular formula is C28H31N3O2. The fourth-order valence-corrected chi connectivity index (χ4v) is 4.70. The number of carbonyl (C=O) groups excluding carboxylic acids is 2. The van der Waals surface area contributed by atoms with Gasteiger partial charge in [0.15, 0.2) is 0 Å². The molecule has 1 atom stereocenters. The van der Waals surface area contributed by atoms with Crippen LogP contribution in [0.5, 0.6) is 0 Å². The highest BCUT2D eigenvalue weighted by Crippen LogP contribution is 2.36. The fourth-order valence-electron chi connectivity index (χ4n) is 4.70. The molecule has 0 aromatic heterocycles. The van der Waals surface area contributed by atoms with Crippen molar-refractivity contribution in [3.63, 3.8) is 0 Å². The molecule has 1 fully saturated rings. The fraction of sp³-hybridized carbons (Fsp3) is 0.286.